The van der Waals surface area contributed by atoms with Crippen molar-refractivity contribution in [2.45, 2.75) is 40.3 Å². The number of anilines is 2. The number of pyridine rings is 1. The molecule has 3 nitrogen and oxygen atoms in total. The third-order valence-electron chi connectivity index (χ3n) is 3.66. The summed E-state index contributed by atoms with van der Waals surface area (Å²) in [6.45, 7) is 9.45. The fourth-order valence-electron chi connectivity index (χ4n) is 2.49. The molecule has 0 bridgehead atoms. The van der Waals surface area contributed by atoms with Crippen LogP contribution in [0.4, 0.5) is 11.4 Å². The maximum atomic E-state index is 4.30. The zero-order valence-corrected chi connectivity index (χ0v) is 13.6. The van der Waals surface area contributed by atoms with Gasteiger partial charge in [0.25, 0.3) is 0 Å². The van der Waals surface area contributed by atoms with Gasteiger partial charge in [0.1, 0.15) is 0 Å². The fraction of sp³-hybridized carbons (Fsp3) is 0.389. The van der Waals surface area contributed by atoms with Crippen molar-refractivity contribution in [3.05, 3.63) is 53.3 Å². The first-order valence-corrected chi connectivity index (χ1v) is 7.46. The fourth-order valence-corrected chi connectivity index (χ4v) is 2.49. The van der Waals surface area contributed by atoms with Crippen LogP contribution in [0.15, 0.2) is 36.7 Å². The van der Waals surface area contributed by atoms with Crippen molar-refractivity contribution in [2.75, 3.05) is 11.9 Å². The third kappa shape index (κ3) is 3.82. The van der Waals surface area contributed by atoms with Gasteiger partial charge in [0.2, 0.25) is 0 Å². The van der Waals surface area contributed by atoms with E-state index in [9.17, 15) is 0 Å². The van der Waals surface area contributed by atoms with Crippen molar-refractivity contribution in [1.29, 1.82) is 0 Å². The Bertz CT molecular complexity index is 605. The number of nitrogens with one attached hydrogen (secondary N) is 1. The standard InChI is InChI=1S/C18H25N3/c1-13(2)20-11-16-8-9-19-12-18(16)21(5)17-7-6-14(3)10-15(17)4/h6-10,12-13,20H,11H2,1-5H3. The minimum Gasteiger partial charge on any atom is -0.343 e. The second-order valence-corrected chi connectivity index (χ2v) is 5.89. The molecule has 1 heterocycles. The monoisotopic (exact) mass is 283 g/mol. The van der Waals surface area contributed by atoms with E-state index in [0.29, 0.717) is 6.04 Å². The van der Waals surface area contributed by atoms with E-state index in [2.05, 4.69) is 74.2 Å². The number of nitrogens with zero attached hydrogens (tertiary/aromatic N) is 2. The highest BCUT2D eigenvalue weighted by atomic mass is 15.1. The van der Waals surface area contributed by atoms with Crippen LogP contribution in [0.2, 0.25) is 0 Å². The predicted molar refractivity (Wildman–Crippen MR) is 90.2 cm³/mol. The lowest BCUT2D eigenvalue weighted by atomic mass is 10.1. The van der Waals surface area contributed by atoms with E-state index in [1.807, 2.05) is 12.4 Å². The summed E-state index contributed by atoms with van der Waals surface area (Å²) in [5, 5.41) is 3.48. The number of benzene rings is 1. The van der Waals surface area contributed by atoms with Crippen molar-refractivity contribution < 1.29 is 0 Å². The lowest BCUT2D eigenvalue weighted by molar-refractivity contribution is 0.588. The highest BCUT2D eigenvalue weighted by molar-refractivity contribution is 5.67. The van der Waals surface area contributed by atoms with Gasteiger partial charge in [-0.15, -0.1) is 0 Å². The molecule has 21 heavy (non-hydrogen) atoms. The maximum absolute atomic E-state index is 4.30. The predicted octanol–water partition coefficient (Wildman–Crippen LogP) is 3.96. The number of aryl methyl sites for hydroxylation is 2. The minimum atomic E-state index is 0.470. The molecule has 0 fully saturated rings. The smallest absolute Gasteiger partial charge is 0.0640 e. The summed E-state index contributed by atoms with van der Waals surface area (Å²) in [7, 11) is 2.10. The molecule has 0 amide bonds. The summed E-state index contributed by atoms with van der Waals surface area (Å²) in [6, 6.07) is 9.11. The number of hydrogen-bond acceptors (Lipinski definition) is 3. The van der Waals surface area contributed by atoms with E-state index in [-0.39, 0.29) is 0 Å². The Morgan fingerprint density at radius 2 is 1.90 bits per heavy atom. The molecule has 0 atom stereocenters. The largest absolute Gasteiger partial charge is 0.343 e. The zero-order valence-electron chi connectivity index (χ0n) is 13.6. The Labute approximate surface area is 128 Å². The van der Waals surface area contributed by atoms with Gasteiger partial charge in [-0.2, -0.15) is 0 Å². The average Bonchev–Trinajstić information content (AvgIpc) is 2.45. The van der Waals surface area contributed by atoms with Crippen LogP contribution in [0.3, 0.4) is 0 Å². The first-order valence-electron chi connectivity index (χ1n) is 7.46. The molecule has 1 aromatic heterocycles. The molecule has 0 saturated carbocycles. The molecule has 2 rings (SSSR count). The van der Waals surface area contributed by atoms with Gasteiger partial charge < -0.3 is 10.2 Å². The van der Waals surface area contributed by atoms with E-state index < -0.39 is 0 Å². The van der Waals surface area contributed by atoms with Crippen LogP contribution in [0.1, 0.15) is 30.5 Å². The van der Waals surface area contributed by atoms with Gasteiger partial charge in [0.05, 0.1) is 11.9 Å². The second-order valence-electron chi connectivity index (χ2n) is 5.89. The normalized spacial score (nSPS) is 11.0. The quantitative estimate of drug-likeness (QED) is 0.900. The minimum absolute atomic E-state index is 0.470. The molecule has 0 radical (unpaired) electrons. The molecule has 0 unspecified atom stereocenters. The molecule has 112 valence electrons. The van der Waals surface area contributed by atoms with Crippen LogP contribution >= 0.6 is 0 Å². The summed E-state index contributed by atoms with van der Waals surface area (Å²) < 4.78 is 0. The molecule has 3 heteroatoms. The molecule has 0 aliphatic heterocycles. The van der Waals surface area contributed by atoms with Gasteiger partial charge in [-0.3, -0.25) is 4.98 Å². The molecular weight excluding hydrogens is 258 g/mol. The number of rotatable bonds is 5. The van der Waals surface area contributed by atoms with E-state index in [4.69, 9.17) is 0 Å². The van der Waals surface area contributed by atoms with Gasteiger partial charge in [-0.05, 0) is 37.1 Å². The van der Waals surface area contributed by atoms with Gasteiger partial charge >= 0.3 is 0 Å². The highest BCUT2D eigenvalue weighted by Gasteiger charge is 2.11. The highest BCUT2D eigenvalue weighted by Crippen LogP contribution is 2.29. The summed E-state index contributed by atoms with van der Waals surface area (Å²) >= 11 is 0. The van der Waals surface area contributed by atoms with E-state index >= 15 is 0 Å². The molecule has 0 spiro atoms. The molecule has 1 aromatic carbocycles. The van der Waals surface area contributed by atoms with Crippen LogP contribution in [0, 0.1) is 13.8 Å². The first kappa shape index (κ1) is 15.5. The van der Waals surface area contributed by atoms with Crippen molar-refractivity contribution in [3.63, 3.8) is 0 Å². The third-order valence-corrected chi connectivity index (χ3v) is 3.66. The van der Waals surface area contributed by atoms with Gasteiger partial charge in [-0.25, -0.2) is 0 Å². The maximum Gasteiger partial charge on any atom is 0.0640 e. The van der Waals surface area contributed by atoms with Crippen LogP contribution in [-0.2, 0) is 6.54 Å². The SMILES string of the molecule is Cc1ccc(N(C)c2cnccc2CNC(C)C)c(C)c1. The van der Waals surface area contributed by atoms with Gasteiger partial charge in [0, 0.05) is 31.5 Å². The van der Waals surface area contributed by atoms with Crippen molar-refractivity contribution in [3.8, 4) is 0 Å². The number of hydrogen-bond donors (Lipinski definition) is 1. The summed E-state index contributed by atoms with van der Waals surface area (Å²) in [5.74, 6) is 0. The Morgan fingerprint density at radius 3 is 2.57 bits per heavy atom. The van der Waals surface area contributed by atoms with Crippen LogP contribution < -0.4 is 10.2 Å². The van der Waals surface area contributed by atoms with Crippen molar-refractivity contribution >= 4 is 11.4 Å². The zero-order chi connectivity index (χ0) is 15.4. The van der Waals surface area contributed by atoms with Gasteiger partial charge in [-0.1, -0.05) is 31.5 Å². The summed E-state index contributed by atoms with van der Waals surface area (Å²) in [4.78, 5) is 6.52. The summed E-state index contributed by atoms with van der Waals surface area (Å²) in [6.07, 6.45) is 3.80. The van der Waals surface area contributed by atoms with E-state index in [1.54, 1.807) is 0 Å². The molecule has 1 N–H and O–H groups in total. The molecule has 0 aliphatic carbocycles. The van der Waals surface area contributed by atoms with E-state index in [0.717, 1.165) is 12.2 Å². The van der Waals surface area contributed by atoms with Crippen LogP contribution in [0.25, 0.3) is 0 Å². The van der Waals surface area contributed by atoms with E-state index in [1.165, 1.54) is 22.4 Å². The van der Waals surface area contributed by atoms with Crippen molar-refractivity contribution in [1.82, 2.24) is 10.3 Å². The molecule has 0 aliphatic rings. The van der Waals surface area contributed by atoms with Crippen LogP contribution in [-0.4, -0.2) is 18.1 Å². The Kier molecular flexibility index (Phi) is 4.97. The average molecular weight is 283 g/mol. The lowest BCUT2D eigenvalue weighted by Gasteiger charge is -2.24. The Morgan fingerprint density at radius 1 is 1.14 bits per heavy atom. The summed E-state index contributed by atoms with van der Waals surface area (Å²) in [5.41, 5.74) is 6.21. The lowest BCUT2D eigenvalue weighted by Crippen LogP contribution is -2.23. The second kappa shape index (κ2) is 6.72. The topological polar surface area (TPSA) is 28.2 Å². The number of aromatic nitrogens is 1. The molecule has 2 aromatic rings. The Hall–Kier alpha value is -1.87. The Balaban J connectivity index is 2.32. The molecule has 0 saturated heterocycles. The first-order chi connectivity index (χ1) is 9.99. The van der Waals surface area contributed by atoms with Gasteiger partial charge in [0.15, 0.2) is 0 Å². The molecular formula is C18H25N3. The van der Waals surface area contributed by atoms with Crippen LogP contribution in [0.5, 0.6) is 0 Å². The van der Waals surface area contributed by atoms with Crippen molar-refractivity contribution in [2.24, 2.45) is 0 Å².